The van der Waals surface area contributed by atoms with Crippen LogP contribution in [-0.4, -0.2) is 45.2 Å². The number of H-pyrrole nitrogens is 1. The molecule has 0 spiro atoms. The van der Waals surface area contributed by atoms with Crippen molar-refractivity contribution in [3.63, 3.8) is 0 Å². The summed E-state index contributed by atoms with van der Waals surface area (Å²) in [5, 5.41) is 20.2. The summed E-state index contributed by atoms with van der Waals surface area (Å²) in [7, 11) is 0. The number of hydrogen-bond acceptors (Lipinski definition) is 5. The fourth-order valence-electron chi connectivity index (χ4n) is 2.97. The zero-order valence-electron chi connectivity index (χ0n) is 9.43. The van der Waals surface area contributed by atoms with Gasteiger partial charge in [-0.1, -0.05) is 5.10 Å². The number of rotatable bonds is 3. The highest BCUT2D eigenvalue weighted by Gasteiger charge is 2.37. The van der Waals surface area contributed by atoms with Crippen molar-refractivity contribution in [2.24, 2.45) is 0 Å². The maximum absolute atomic E-state index is 10.8. The van der Waals surface area contributed by atoms with Crippen molar-refractivity contribution >= 4 is 11.5 Å². The molecule has 0 amide bonds. The third-order valence-corrected chi connectivity index (χ3v) is 3.75. The molecule has 2 atom stereocenters. The molecule has 2 N–H and O–H groups in total. The Hall–Kier alpha value is -1.63. The van der Waals surface area contributed by atoms with Gasteiger partial charge in [-0.25, -0.2) is 0 Å². The van der Waals surface area contributed by atoms with Crippen LogP contribution in [0.4, 0.5) is 11.5 Å². The van der Waals surface area contributed by atoms with Crippen molar-refractivity contribution in [3.05, 3.63) is 16.3 Å². The zero-order chi connectivity index (χ0) is 11.8. The van der Waals surface area contributed by atoms with E-state index in [4.69, 9.17) is 0 Å². The number of aromatic amines is 1. The summed E-state index contributed by atoms with van der Waals surface area (Å²) in [6.45, 7) is 2.25. The van der Waals surface area contributed by atoms with Gasteiger partial charge >= 0.3 is 5.82 Å². The van der Waals surface area contributed by atoms with Crippen molar-refractivity contribution < 1.29 is 4.92 Å². The fourth-order valence-corrected chi connectivity index (χ4v) is 2.97. The molecule has 2 fully saturated rings. The van der Waals surface area contributed by atoms with Crippen LogP contribution in [0.1, 0.15) is 19.3 Å². The van der Waals surface area contributed by atoms with Crippen molar-refractivity contribution in [1.82, 2.24) is 15.1 Å². The van der Waals surface area contributed by atoms with Gasteiger partial charge in [0.1, 0.15) is 6.20 Å². The molecule has 2 unspecified atom stereocenters. The van der Waals surface area contributed by atoms with Crippen LogP contribution in [0.2, 0.25) is 0 Å². The van der Waals surface area contributed by atoms with Gasteiger partial charge in [0.05, 0.1) is 0 Å². The number of nitro groups is 1. The summed E-state index contributed by atoms with van der Waals surface area (Å²) in [5.41, 5.74) is 0.508. The summed E-state index contributed by atoms with van der Waals surface area (Å²) in [5.74, 6) is -0.0403. The third-order valence-electron chi connectivity index (χ3n) is 3.75. The average Bonchev–Trinajstić information content (AvgIpc) is 2.96. The van der Waals surface area contributed by atoms with Crippen molar-refractivity contribution in [2.45, 2.75) is 31.3 Å². The second-order valence-electron chi connectivity index (χ2n) is 4.67. The number of fused-ring (bicyclic) bond motifs is 1. The molecule has 0 radical (unpaired) electrons. The van der Waals surface area contributed by atoms with Gasteiger partial charge in [-0.2, -0.15) is 0 Å². The lowest BCUT2D eigenvalue weighted by Crippen LogP contribution is -2.33. The lowest BCUT2D eigenvalue weighted by atomic mass is 10.1. The first-order valence-corrected chi connectivity index (χ1v) is 5.94. The number of aromatic nitrogens is 2. The van der Waals surface area contributed by atoms with Crippen molar-refractivity contribution in [3.8, 4) is 0 Å². The molecule has 17 heavy (non-hydrogen) atoms. The van der Waals surface area contributed by atoms with E-state index in [0.29, 0.717) is 17.8 Å². The number of nitrogens with one attached hydrogen (secondary N) is 2. The Morgan fingerprint density at radius 1 is 1.53 bits per heavy atom. The number of nitrogens with zero attached hydrogens (tertiary/aromatic N) is 3. The highest BCUT2D eigenvalue weighted by atomic mass is 16.6. The molecule has 2 aliphatic heterocycles. The van der Waals surface area contributed by atoms with E-state index >= 15 is 0 Å². The third kappa shape index (κ3) is 1.76. The first kappa shape index (κ1) is 10.5. The quantitative estimate of drug-likeness (QED) is 0.604. The van der Waals surface area contributed by atoms with Gasteiger partial charge in [0, 0.05) is 18.6 Å². The molecule has 1 aromatic rings. The van der Waals surface area contributed by atoms with Gasteiger partial charge in [0.2, 0.25) is 0 Å². The van der Waals surface area contributed by atoms with Gasteiger partial charge in [0.25, 0.3) is 0 Å². The van der Waals surface area contributed by atoms with E-state index < -0.39 is 4.92 Å². The molecule has 7 nitrogen and oxygen atoms in total. The minimum atomic E-state index is -0.434. The van der Waals surface area contributed by atoms with Crippen LogP contribution >= 0.6 is 0 Å². The normalized spacial score (nSPS) is 28.2. The Bertz CT molecular complexity index is 432. The Labute approximate surface area is 98.3 Å². The predicted molar refractivity (Wildman–Crippen MR) is 61.9 cm³/mol. The molecule has 2 aliphatic rings. The highest BCUT2D eigenvalue weighted by molar-refractivity contribution is 5.56. The molecular weight excluding hydrogens is 222 g/mol. The van der Waals surface area contributed by atoms with E-state index in [1.54, 1.807) is 0 Å². The second-order valence-corrected chi connectivity index (χ2v) is 4.67. The maximum atomic E-state index is 10.8. The van der Waals surface area contributed by atoms with E-state index in [2.05, 4.69) is 20.4 Å². The van der Waals surface area contributed by atoms with Crippen LogP contribution in [0.5, 0.6) is 0 Å². The van der Waals surface area contributed by atoms with Gasteiger partial charge in [-0.05, 0) is 30.7 Å². The van der Waals surface area contributed by atoms with Crippen LogP contribution in [0.25, 0.3) is 0 Å². The molecule has 0 aliphatic carbocycles. The Morgan fingerprint density at radius 3 is 3.24 bits per heavy atom. The van der Waals surface area contributed by atoms with Gasteiger partial charge < -0.3 is 15.4 Å². The standard InChI is InChI=1S/C10H15N5O2/c16-15(17)10-8(6-11-13-10)12-7-3-5-14-4-1-2-9(7)14/h6-7,9,12H,1-5H2,(H,11,13). The smallest absolute Gasteiger partial charge is 0.366 e. The molecule has 0 saturated carbocycles. The Kier molecular flexibility index (Phi) is 2.47. The summed E-state index contributed by atoms with van der Waals surface area (Å²) >= 11 is 0. The molecule has 0 aromatic carbocycles. The SMILES string of the molecule is O=[N+]([O-])c1[nH]ncc1NC1CCN2CCCC12. The lowest BCUT2D eigenvalue weighted by molar-refractivity contribution is -0.388. The van der Waals surface area contributed by atoms with E-state index in [-0.39, 0.29) is 5.82 Å². The first-order valence-electron chi connectivity index (χ1n) is 5.94. The molecule has 7 heteroatoms. The molecule has 92 valence electrons. The Balaban J connectivity index is 1.74. The largest absolute Gasteiger partial charge is 0.372 e. The van der Waals surface area contributed by atoms with Crippen molar-refractivity contribution in [2.75, 3.05) is 18.4 Å². The first-order chi connectivity index (χ1) is 8.25. The van der Waals surface area contributed by atoms with E-state index in [1.165, 1.54) is 19.0 Å². The van der Waals surface area contributed by atoms with E-state index in [9.17, 15) is 10.1 Å². The topological polar surface area (TPSA) is 87.1 Å². The fraction of sp³-hybridized carbons (Fsp3) is 0.700. The highest BCUT2D eigenvalue weighted by Crippen LogP contribution is 2.31. The summed E-state index contributed by atoms with van der Waals surface area (Å²) in [6.07, 6.45) is 4.96. The van der Waals surface area contributed by atoms with Gasteiger partial charge in [0.15, 0.2) is 5.69 Å². The summed E-state index contributed by atoms with van der Waals surface area (Å²) in [6, 6.07) is 0.846. The second kappa shape index (κ2) is 3.99. The van der Waals surface area contributed by atoms with E-state index in [0.717, 1.165) is 19.5 Å². The molecule has 3 heterocycles. The molecule has 3 rings (SSSR count). The van der Waals surface area contributed by atoms with Crippen molar-refractivity contribution in [1.29, 1.82) is 0 Å². The minimum absolute atomic E-state index is 0.0403. The van der Waals surface area contributed by atoms with Crippen LogP contribution in [0, 0.1) is 10.1 Å². The maximum Gasteiger partial charge on any atom is 0.366 e. The summed E-state index contributed by atoms with van der Waals surface area (Å²) < 4.78 is 0. The van der Waals surface area contributed by atoms with Crippen LogP contribution in [-0.2, 0) is 0 Å². The van der Waals surface area contributed by atoms with Crippen LogP contribution in [0.15, 0.2) is 6.20 Å². The molecule has 2 saturated heterocycles. The van der Waals surface area contributed by atoms with Crippen LogP contribution < -0.4 is 5.32 Å². The monoisotopic (exact) mass is 237 g/mol. The molecular formula is C10H15N5O2. The summed E-state index contributed by atoms with van der Waals surface area (Å²) in [4.78, 5) is 12.8. The average molecular weight is 237 g/mol. The molecule has 0 bridgehead atoms. The zero-order valence-corrected chi connectivity index (χ0v) is 9.43. The number of hydrogen-bond donors (Lipinski definition) is 2. The minimum Gasteiger partial charge on any atom is -0.372 e. The molecule has 1 aromatic heterocycles. The van der Waals surface area contributed by atoms with E-state index in [1.807, 2.05) is 0 Å². The van der Waals surface area contributed by atoms with Crippen LogP contribution in [0.3, 0.4) is 0 Å². The van der Waals surface area contributed by atoms with Gasteiger partial charge in [-0.15, -0.1) is 5.10 Å². The lowest BCUT2D eigenvalue weighted by Gasteiger charge is -2.21. The number of anilines is 1. The van der Waals surface area contributed by atoms with Gasteiger partial charge in [-0.3, -0.25) is 4.90 Å². The predicted octanol–water partition coefficient (Wildman–Crippen LogP) is 0.966. The Morgan fingerprint density at radius 2 is 2.41 bits per heavy atom.